The highest BCUT2D eigenvalue weighted by molar-refractivity contribution is 7.92. The van der Waals surface area contributed by atoms with Gasteiger partial charge in [-0.3, -0.25) is 4.72 Å². The Morgan fingerprint density at radius 2 is 1.76 bits per heavy atom. The minimum Gasteiger partial charge on any atom is -0.496 e. The Balaban J connectivity index is 1.64. The maximum Gasteiger partial charge on any atom is 0.264 e. The van der Waals surface area contributed by atoms with Crippen LogP contribution in [0.15, 0.2) is 89.8 Å². The van der Waals surface area contributed by atoms with Gasteiger partial charge in [-0.1, -0.05) is 48.0 Å². The van der Waals surface area contributed by atoms with Crippen LogP contribution in [0, 0.1) is 5.82 Å². The van der Waals surface area contributed by atoms with Gasteiger partial charge in [-0.05, 0) is 59.7 Å². The van der Waals surface area contributed by atoms with Gasteiger partial charge in [0, 0.05) is 16.3 Å². The predicted octanol–water partition coefficient (Wildman–Crippen LogP) is 6.44. The summed E-state index contributed by atoms with van der Waals surface area (Å²) in [4.78, 5) is -0.428. The molecule has 5 nitrogen and oxygen atoms in total. The number of sulfonamides is 1. The minimum atomic E-state index is -4.14. The van der Waals surface area contributed by atoms with Gasteiger partial charge in [-0.2, -0.15) is 0 Å². The minimum absolute atomic E-state index is 0.274. The van der Waals surface area contributed by atoms with Crippen molar-refractivity contribution in [1.29, 1.82) is 0 Å². The van der Waals surface area contributed by atoms with E-state index >= 15 is 0 Å². The molecule has 5 rings (SSSR count). The quantitative estimate of drug-likeness (QED) is 0.346. The number of hydrogen-bond donors (Lipinski definition) is 1. The second-order valence-electron chi connectivity index (χ2n) is 7.72. The van der Waals surface area contributed by atoms with E-state index < -0.39 is 26.8 Å². The highest BCUT2D eigenvalue weighted by Crippen LogP contribution is 2.49. The van der Waals surface area contributed by atoms with Gasteiger partial charge in [0.15, 0.2) is 0 Å². The highest BCUT2D eigenvalue weighted by atomic mass is 35.5. The molecule has 172 valence electrons. The SMILES string of the molecule is COc1cccc2c1-c1ccc(NS(=O)(=O)c3ccccc3F)cc1C(c1cccc(Cl)c1)O2. The molecular formula is C26H19ClFNO4S. The number of anilines is 1. The van der Waals surface area contributed by atoms with E-state index in [0.717, 1.165) is 22.8 Å². The molecule has 1 N–H and O–H groups in total. The van der Waals surface area contributed by atoms with Gasteiger partial charge in [-0.15, -0.1) is 0 Å². The Kier molecular flexibility index (Phi) is 5.67. The first-order valence-electron chi connectivity index (χ1n) is 10.4. The molecule has 8 heteroatoms. The second kappa shape index (κ2) is 8.66. The smallest absolute Gasteiger partial charge is 0.264 e. The van der Waals surface area contributed by atoms with E-state index in [0.29, 0.717) is 22.1 Å². The van der Waals surface area contributed by atoms with Crippen molar-refractivity contribution in [2.45, 2.75) is 11.0 Å². The van der Waals surface area contributed by atoms with Gasteiger partial charge >= 0.3 is 0 Å². The molecule has 0 amide bonds. The second-order valence-corrected chi connectivity index (χ2v) is 9.81. The van der Waals surface area contributed by atoms with E-state index in [1.54, 1.807) is 37.4 Å². The zero-order chi connectivity index (χ0) is 23.9. The Bertz CT molecular complexity index is 1510. The third-order valence-corrected chi connectivity index (χ3v) is 7.24. The molecule has 0 saturated heterocycles. The molecule has 1 atom stereocenters. The van der Waals surface area contributed by atoms with Crippen molar-refractivity contribution in [3.8, 4) is 22.6 Å². The first kappa shape index (κ1) is 22.3. The van der Waals surface area contributed by atoms with Crippen molar-refractivity contribution in [3.63, 3.8) is 0 Å². The van der Waals surface area contributed by atoms with Gasteiger partial charge in [0.25, 0.3) is 10.0 Å². The topological polar surface area (TPSA) is 64.6 Å². The number of hydrogen-bond acceptors (Lipinski definition) is 4. The molecule has 4 aromatic carbocycles. The summed E-state index contributed by atoms with van der Waals surface area (Å²) in [5, 5.41) is 0.551. The summed E-state index contributed by atoms with van der Waals surface area (Å²) in [5.74, 6) is 0.436. The van der Waals surface area contributed by atoms with Crippen LogP contribution >= 0.6 is 11.6 Å². The molecule has 0 bridgehead atoms. The van der Waals surface area contributed by atoms with Gasteiger partial charge in [-0.25, -0.2) is 12.8 Å². The molecule has 1 aliphatic heterocycles. The maximum absolute atomic E-state index is 14.2. The van der Waals surface area contributed by atoms with Gasteiger partial charge in [0.05, 0.1) is 12.7 Å². The Morgan fingerprint density at radius 3 is 2.53 bits per heavy atom. The first-order chi connectivity index (χ1) is 16.4. The average molecular weight is 496 g/mol. The number of fused-ring (bicyclic) bond motifs is 3. The normalized spacial score (nSPS) is 14.5. The molecule has 1 heterocycles. The Labute approximate surface area is 201 Å². The number of ether oxygens (including phenoxy) is 2. The third-order valence-electron chi connectivity index (χ3n) is 5.59. The lowest BCUT2D eigenvalue weighted by atomic mass is 9.89. The molecular weight excluding hydrogens is 477 g/mol. The Hall–Kier alpha value is -3.55. The summed E-state index contributed by atoms with van der Waals surface area (Å²) >= 11 is 6.24. The predicted molar refractivity (Wildman–Crippen MR) is 130 cm³/mol. The van der Waals surface area contributed by atoms with Crippen molar-refractivity contribution in [2.75, 3.05) is 11.8 Å². The van der Waals surface area contributed by atoms with E-state index in [9.17, 15) is 12.8 Å². The molecule has 4 aromatic rings. The monoisotopic (exact) mass is 495 g/mol. The van der Waals surface area contributed by atoms with Crippen LogP contribution in [0.1, 0.15) is 17.2 Å². The van der Waals surface area contributed by atoms with Crippen LogP contribution in [0.3, 0.4) is 0 Å². The van der Waals surface area contributed by atoms with E-state index in [-0.39, 0.29) is 5.69 Å². The lowest BCUT2D eigenvalue weighted by molar-refractivity contribution is 0.242. The molecule has 0 fully saturated rings. The van der Waals surface area contributed by atoms with Crippen LogP contribution in [0.5, 0.6) is 11.5 Å². The molecule has 0 spiro atoms. The van der Waals surface area contributed by atoms with E-state index in [1.165, 1.54) is 18.2 Å². The molecule has 1 unspecified atom stereocenters. The number of halogens is 2. The van der Waals surface area contributed by atoms with E-state index in [1.807, 2.05) is 30.3 Å². The van der Waals surface area contributed by atoms with Crippen molar-refractivity contribution >= 4 is 27.3 Å². The number of methoxy groups -OCH3 is 1. The summed E-state index contributed by atoms with van der Waals surface area (Å²) in [6.45, 7) is 0. The summed E-state index contributed by atoms with van der Waals surface area (Å²) in [6, 6.07) is 23.2. The summed E-state index contributed by atoms with van der Waals surface area (Å²) in [5.41, 5.74) is 3.39. The standard InChI is InChI=1S/C26H19ClFNO4S/c1-32-22-9-5-10-23-25(22)19-13-12-18(29-34(30,31)24-11-3-2-8-21(24)28)15-20(19)26(33-23)16-6-4-7-17(27)14-16/h2-15,26,29H,1H3. The first-order valence-corrected chi connectivity index (χ1v) is 12.2. The van der Waals surface area contributed by atoms with Crippen LogP contribution in [0.2, 0.25) is 5.02 Å². The van der Waals surface area contributed by atoms with Crippen LogP contribution in [-0.4, -0.2) is 15.5 Å². The fraction of sp³-hybridized carbons (Fsp3) is 0.0769. The van der Waals surface area contributed by atoms with Crippen LogP contribution < -0.4 is 14.2 Å². The maximum atomic E-state index is 14.2. The fourth-order valence-corrected chi connectivity index (χ4v) is 5.42. The van der Waals surface area contributed by atoms with Crippen molar-refractivity contribution in [2.24, 2.45) is 0 Å². The zero-order valence-electron chi connectivity index (χ0n) is 18.0. The summed E-state index contributed by atoms with van der Waals surface area (Å²) in [6.07, 6.45) is -0.550. The fourth-order valence-electron chi connectivity index (χ4n) is 4.10. The molecule has 0 aliphatic carbocycles. The molecule has 1 aliphatic rings. The summed E-state index contributed by atoms with van der Waals surface area (Å²) < 4.78 is 54.3. The lowest BCUT2D eigenvalue weighted by Gasteiger charge is -2.30. The van der Waals surface area contributed by atoms with Gasteiger partial charge < -0.3 is 9.47 Å². The number of benzene rings is 4. The molecule has 34 heavy (non-hydrogen) atoms. The third kappa shape index (κ3) is 3.97. The summed E-state index contributed by atoms with van der Waals surface area (Å²) in [7, 11) is -2.57. The van der Waals surface area contributed by atoms with Crippen molar-refractivity contribution in [1.82, 2.24) is 0 Å². The van der Waals surface area contributed by atoms with E-state index in [4.69, 9.17) is 21.1 Å². The largest absolute Gasteiger partial charge is 0.496 e. The van der Waals surface area contributed by atoms with Gasteiger partial charge in [0.1, 0.15) is 28.3 Å². The molecule has 0 aromatic heterocycles. The van der Waals surface area contributed by atoms with E-state index in [2.05, 4.69) is 4.72 Å². The number of nitrogens with one attached hydrogen (secondary N) is 1. The molecule has 0 radical (unpaired) electrons. The van der Waals surface area contributed by atoms with Crippen LogP contribution in [-0.2, 0) is 10.0 Å². The zero-order valence-corrected chi connectivity index (χ0v) is 19.5. The number of rotatable bonds is 5. The van der Waals surface area contributed by atoms with Crippen molar-refractivity contribution < 1.29 is 22.3 Å². The molecule has 0 saturated carbocycles. The lowest BCUT2D eigenvalue weighted by Crippen LogP contribution is -2.18. The Morgan fingerprint density at radius 1 is 0.971 bits per heavy atom. The average Bonchev–Trinajstić information content (AvgIpc) is 2.83. The van der Waals surface area contributed by atoms with Crippen LogP contribution in [0.4, 0.5) is 10.1 Å². The van der Waals surface area contributed by atoms with Crippen molar-refractivity contribution in [3.05, 3.63) is 107 Å². The van der Waals surface area contributed by atoms with Crippen LogP contribution in [0.25, 0.3) is 11.1 Å². The highest BCUT2D eigenvalue weighted by Gasteiger charge is 2.30. The van der Waals surface area contributed by atoms with Gasteiger partial charge in [0.2, 0.25) is 0 Å².